The van der Waals surface area contributed by atoms with E-state index >= 15 is 0 Å². The van der Waals surface area contributed by atoms with Crippen LogP contribution in [0.25, 0.3) is 10.8 Å². The lowest BCUT2D eigenvalue weighted by Crippen LogP contribution is -2.44. The van der Waals surface area contributed by atoms with Crippen molar-refractivity contribution in [2.45, 2.75) is 24.7 Å². The Hall–Kier alpha value is -3.25. The van der Waals surface area contributed by atoms with Crippen LogP contribution in [0, 0.1) is 0 Å². The summed E-state index contributed by atoms with van der Waals surface area (Å²) in [6.07, 6.45) is 2.17. The van der Waals surface area contributed by atoms with Crippen molar-refractivity contribution < 1.29 is 24.1 Å². The number of ether oxygens (including phenoxy) is 3. The van der Waals surface area contributed by atoms with E-state index in [0.717, 1.165) is 48.6 Å². The van der Waals surface area contributed by atoms with Crippen LogP contribution in [0.4, 0.5) is 0 Å². The highest BCUT2D eigenvalue weighted by Crippen LogP contribution is 2.46. The molecule has 1 fully saturated rings. The Balaban J connectivity index is 1.13. The molecule has 172 valence electrons. The summed E-state index contributed by atoms with van der Waals surface area (Å²) in [5.74, 6) is 1.79. The highest BCUT2D eigenvalue weighted by Gasteiger charge is 2.43. The molecule has 0 atom stereocenters. The van der Waals surface area contributed by atoms with Gasteiger partial charge in [-0.3, -0.25) is 4.79 Å². The van der Waals surface area contributed by atoms with Gasteiger partial charge in [0.15, 0.2) is 0 Å². The summed E-state index contributed by atoms with van der Waals surface area (Å²) in [4.78, 5) is 13.1. The minimum absolute atomic E-state index is 0.0345. The molecule has 1 spiro atoms. The Labute approximate surface area is 193 Å². The maximum Gasteiger partial charge on any atom is 0.304 e. The molecule has 0 amide bonds. The van der Waals surface area contributed by atoms with Crippen LogP contribution in [-0.2, 0) is 10.2 Å². The molecule has 0 radical (unpaired) electrons. The van der Waals surface area contributed by atoms with Gasteiger partial charge in [-0.15, -0.1) is 0 Å². The average Bonchev–Trinajstić information content (AvgIpc) is 3.18. The van der Waals surface area contributed by atoms with Crippen LogP contribution < -0.4 is 14.2 Å². The molecule has 6 heteroatoms. The van der Waals surface area contributed by atoms with Gasteiger partial charge in [0.05, 0.1) is 13.0 Å². The van der Waals surface area contributed by atoms with Gasteiger partial charge in [0.25, 0.3) is 0 Å². The molecule has 0 aliphatic carbocycles. The van der Waals surface area contributed by atoms with E-state index in [4.69, 9.17) is 19.3 Å². The molecule has 1 N–H and O–H groups in total. The van der Waals surface area contributed by atoms with E-state index in [0.29, 0.717) is 26.4 Å². The number of fused-ring (bicyclic) bond motifs is 3. The first-order valence-corrected chi connectivity index (χ1v) is 11.6. The fourth-order valence-corrected chi connectivity index (χ4v) is 4.89. The first-order chi connectivity index (χ1) is 16.1. The van der Waals surface area contributed by atoms with Gasteiger partial charge < -0.3 is 24.2 Å². The van der Waals surface area contributed by atoms with Crippen molar-refractivity contribution in [3.63, 3.8) is 0 Å². The van der Waals surface area contributed by atoms with Crippen LogP contribution in [0.2, 0.25) is 0 Å². The van der Waals surface area contributed by atoms with Gasteiger partial charge in [-0.25, -0.2) is 0 Å². The number of likely N-dealkylation sites (tertiary alicyclic amines) is 1. The molecule has 2 aliphatic heterocycles. The topological polar surface area (TPSA) is 68.2 Å². The number of rotatable bonds is 8. The first-order valence-electron chi connectivity index (χ1n) is 11.6. The number of hydrogen-bond acceptors (Lipinski definition) is 5. The number of hydrogen-bond donors (Lipinski definition) is 1. The molecular formula is C27H29NO5. The Kier molecular flexibility index (Phi) is 6.09. The van der Waals surface area contributed by atoms with Gasteiger partial charge in [-0.05, 0) is 54.9 Å². The third-order valence-electron chi connectivity index (χ3n) is 6.83. The van der Waals surface area contributed by atoms with E-state index in [1.807, 2.05) is 36.4 Å². The minimum atomic E-state index is -0.736. The summed E-state index contributed by atoms with van der Waals surface area (Å²) >= 11 is 0. The van der Waals surface area contributed by atoms with Gasteiger partial charge >= 0.3 is 5.97 Å². The van der Waals surface area contributed by atoms with E-state index in [9.17, 15) is 4.79 Å². The van der Waals surface area contributed by atoms with Crippen molar-refractivity contribution in [3.8, 4) is 17.2 Å². The molecule has 0 aromatic heterocycles. The summed E-state index contributed by atoms with van der Waals surface area (Å²) in [7, 11) is 0. The van der Waals surface area contributed by atoms with Crippen LogP contribution in [0.1, 0.15) is 24.8 Å². The molecule has 0 unspecified atom stereocenters. The second-order valence-electron chi connectivity index (χ2n) is 8.92. The number of carboxylic acids is 1. The fourth-order valence-electron chi connectivity index (χ4n) is 4.89. The van der Waals surface area contributed by atoms with Crippen LogP contribution in [0.5, 0.6) is 17.2 Å². The lowest BCUT2D eigenvalue weighted by Gasteiger charge is -2.38. The smallest absolute Gasteiger partial charge is 0.304 e. The van der Waals surface area contributed by atoms with E-state index in [1.165, 1.54) is 10.9 Å². The van der Waals surface area contributed by atoms with Crippen LogP contribution in [-0.4, -0.2) is 55.4 Å². The zero-order valence-corrected chi connectivity index (χ0v) is 18.7. The molecule has 0 saturated carbocycles. The van der Waals surface area contributed by atoms with Crippen molar-refractivity contribution in [2.75, 3.05) is 39.5 Å². The number of carboxylic acid groups (broad SMARTS) is 1. The molecule has 1 saturated heterocycles. The highest BCUT2D eigenvalue weighted by molar-refractivity contribution is 5.83. The van der Waals surface area contributed by atoms with Gasteiger partial charge in [-0.2, -0.15) is 0 Å². The monoisotopic (exact) mass is 447 g/mol. The zero-order chi connectivity index (χ0) is 22.7. The van der Waals surface area contributed by atoms with Crippen LogP contribution in [0.15, 0.2) is 60.7 Å². The highest BCUT2D eigenvalue weighted by atomic mass is 16.5. The van der Waals surface area contributed by atoms with Crippen molar-refractivity contribution in [1.82, 2.24) is 4.90 Å². The normalized spacial score (nSPS) is 17.0. The van der Waals surface area contributed by atoms with Gasteiger partial charge in [0.1, 0.15) is 30.5 Å². The van der Waals surface area contributed by atoms with Crippen molar-refractivity contribution in [2.24, 2.45) is 0 Å². The Morgan fingerprint density at radius 3 is 2.39 bits per heavy atom. The largest absolute Gasteiger partial charge is 0.492 e. The van der Waals surface area contributed by atoms with E-state index in [1.54, 1.807) is 0 Å². The number of aliphatic carboxylic acids is 1. The predicted molar refractivity (Wildman–Crippen MR) is 126 cm³/mol. The summed E-state index contributed by atoms with van der Waals surface area (Å²) < 4.78 is 17.8. The van der Waals surface area contributed by atoms with Crippen molar-refractivity contribution in [3.05, 3.63) is 66.2 Å². The Morgan fingerprint density at radius 1 is 0.939 bits per heavy atom. The summed E-state index contributed by atoms with van der Waals surface area (Å²) in [5, 5.41) is 11.3. The van der Waals surface area contributed by atoms with Gasteiger partial charge in [0.2, 0.25) is 0 Å². The standard InChI is InChI=1S/C27H29NO5/c29-26(30)9-12-28-13-10-27(11-14-28)19-33-25-18-23(7-8-24(25)27)32-16-15-31-22-6-5-20-3-1-2-4-21(20)17-22/h1-8,17-18H,9-16,19H2,(H,29,30). The second kappa shape index (κ2) is 9.32. The Morgan fingerprint density at radius 2 is 1.64 bits per heavy atom. The molecule has 2 aliphatic rings. The van der Waals surface area contributed by atoms with E-state index in [-0.39, 0.29) is 11.8 Å². The predicted octanol–water partition coefficient (Wildman–Crippen LogP) is 4.50. The second-order valence-corrected chi connectivity index (χ2v) is 8.92. The van der Waals surface area contributed by atoms with Crippen molar-refractivity contribution >= 4 is 16.7 Å². The molecule has 2 heterocycles. The first kappa shape index (κ1) is 21.6. The third kappa shape index (κ3) is 4.76. The van der Waals surface area contributed by atoms with Gasteiger partial charge in [0, 0.05) is 23.6 Å². The molecule has 3 aromatic carbocycles. The lowest BCUT2D eigenvalue weighted by molar-refractivity contribution is -0.137. The van der Waals surface area contributed by atoms with Gasteiger partial charge in [-0.1, -0.05) is 36.4 Å². The minimum Gasteiger partial charge on any atom is -0.492 e. The van der Waals surface area contributed by atoms with Crippen molar-refractivity contribution in [1.29, 1.82) is 0 Å². The third-order valence-corrected chi connectivity index (χ3v) is 6.83. The molecular weight excluding hydrogens is 418 g/mol. The van der Waals surface area contributed by atoms with E-state index < -0.39 is 5.97 Å². The maximum absolute atomic E-state index is 10.8. The zero-order valence-electron chi connectivity index (χ0n) is 18.7. The average molecular weight is 448 g/mol. The molecule has 3 aromatic rings. The fraction of sp³-hybridized carbons (Fsp3) is 0.370. The lowest BCUT2D eigenvalue weighted by atomic mass is 9.74. The SMILES string of the molecule is O=C(O)CCN1CCC2(CC1)COc1cc(OCCOc3ccc4ccccc4c3)ccc12. The quantitative estimate of drug-likeness (QED) is 0.513. The molecule has 0 bridgehead atoms. The van der Waals surface area contributed by atoms with Crippen LogP contribution in [0.3, 0.4) is 0 Å². The number of nitrogens with zero attached hydrogens (tertiary/aromatic N) is 1. The molecule has 6 nitrogen and oxygen atoms in total. The van der Waals surface area contributed by atoms with E-state index in [2.05, 4.69) is 29.2 Å². The number of benzene rings is 3. The molecule has 5 rings (SSSR count). The maximum atomic E-state index is 10.8. The summed E-state index contributed by atoms with van der Waals surface area (Å²) in [6.45, 7) is 4.03. The number of piperidine rings is 1. The summed E-state index contributed by atoms with van der Waals surface area (Å²) in [6, 6.07) is 20.5. The number of carbonyl (C=O) groups is 1. The Bertz CT molecular complexity index is 1140. The van der Waals surface area contributed by atoms with Crippen LogP contribution >= 0.6 is 0 Å². The molecule has 33 heavy (non-hydrogen) atoms. The summed E-state index contributed by atoms with van der Waals surface area (Å²) in [5.41, 5.74) is 1.28.